The van der Waals surface area contributed by atoms with Crippen LogP contribution in [0.25, 0.3) is 22.5 Å². The summed E-state index contributed by atoms with van der Waals surface area (Å²) in [4.78, 5) is 29.4. The van der Waals surface area contributed by atoms with Crippen LogP contribution in [-0.4, -0.2) is 41.3 Å². The predicted octanol–water partition coefficient (Wildman–Crippen LogP) is 4.39. The van der Waals surface area contributed by atoms with Crippen LogP contribution in [0.5, 0.6) is 0 Å². The lowest BCUT2D eigenvalue weighted by Gasteiger charge is -2.13. The van der Waals surface area contributed by atoms with Crippen LogP contribution in [0.3, 0.4) is 0 Å². The van der Waals surface area contributed by atoms with Gasteiger partial charge in [-0.2, -0.15) is 0 Å². The normalized spacial score (nSPS) is 12.0. The number of ether oxygens (including phenoxy) is 1. The second-order valence-electron chi connectivity index (χ2n) is 9.63. The summed E-state index contributed by atoms with van der Waals surface area (Å²) in [5.74, 6) is 0.311. The Kier molecular flexibility index (Phi) is 8.20. The Labute approximate surface area is 235 Å². The van der Waals surface area contributed by atoms with Gasteiger partial charge in [0.05, 0.1) is 18.3 Å². The highest BCUT2D eigenvalue weighted by Crippen LogP contribution is 2.30. The van der Waals surface area contributed by atoms with Gasteiger partial charge in [-0.05, 0) is 47.4 Å². The third kappa shape index (κ3) is 6.02. The molecule has 0 saturated carbocycles. The summed E-state index contributed by atoms with van der Waals surface area (Å²) < 4.78 is 17.5. The molecule has 0 amide bonds. The molecule has 1 unspecified atom stereocenters. The zero-order chi connectivity index (χ0) is 28.9. The summed E-state index contributed by atoms with van der Waals surface area (Å²) in [6.45, 7) is 5.32. The SMILES string of the molecule is CCCCc1nc(C(=O)OCc2ccc(-c3ccccc3-c3nnn[nH]3)cc2)c(C(C)O)n1Cc1oc(=O)oc1C. The van der Waals surface area contributed by atoms with Crippen molar-refractivity contribution in [1.29, 1.82) is 0 Å². The molecule has 5 rings (SSSR count). The number of nitrogens with one attached hydrogen (secondary N) is 1. The smallest absolute Gasteiger partial charge is 0.456 e. The van der Waals surface area contributed by atoms with Crippen molar-refractivity contribution in [3.8, 4) is 22.5 Å². The number of aromatic nitrogens is 6. The monoisotopic (exact) mass is 558 g/mol. The van der Waals surface area contributed by atoms with E-state index in [2.05, 4.69) is 25.6 Å². The molecule has 0 saturated heterocycles. The van der Waals surface area contributed by atoms with Gasteiger partial charge in [-0.3, -0.25) is 0 Å². The molecular formula is C29H30N6O6. The maximum Gasteiger partial charge on any atom is 0.519 e. The first kappa shape index (κ1) is 27.7. The number of imidazole rings is 1. The first-order valence-electron chi connectivity index (χ1n) is 13.3. The summed E-state index contributed by atoms with van der Waals surface area (Å²) in [6.07, 6.45) is 1.27. The van der Waals surface area contributed by atoms with Crippen molar-refractivity contribution in [2.75, 3.05) is 0 Å². The minimum Gasteiger partial charge on any atom is -0.456 e. The van der Waals surface area contributed by atoms with Gasteiger partial charge in [-0.15, -0.1) is 5.10 Å². The third-order valence-electron chi connectivity index (χ3n) is 6.73. The van der Waals surface area contributed by atoms with E-state index in [9.17, 15) is 14.7 Å². The molecule has 0 fully saturated rings. The number of benzene rings is 2. The molecule has 12 nitrogen and oxygen atoms in total. The van der Waals surface area contributed by atoms with E-state index in [4.69, 9.17) is 13.6 Å². The lowest BCUT2D eigenvalue weighted by molar-refractivity contribution is 0.0458. The van der Waals surface area contributed by atoms with Crippen molar-refractivity contribution in [3.63, 3.8) is 0 Å². The van der Waals surface area contributed by atoms with Crippen LogP contribution in [0.2, 0.25) is 0 Å². The highest BCUT2D eigenvalue weighted by Gasteiger charge is 2.27. The van der Waals surface area contributed by atoms with Gasteiger partial charge in [0, 0.05) is 12.0 Å². The molecule has 0 aliphatic rings. The van der Waals surface area contributed by atoms with Crippen LogP contribution in [0.15, 0.2) is 62.2 Å². The minimum atomic E-state index is -1.03. The number of nitrogens with zero attached hydrogens (tertiary/aromatic N) is 5. The lowest BCUT2D eigenvalue weighted by Crippen LogP contribution is -2.14. The fourth-order valence-corrected chi connectivity index (χ4v) is 4.66. The Morgan fingerprint density at radius 2 is 1.88 bits per heavy atom. The molecule has 0 bridgehead atoms. The van der Waals surface area contributed by atoms with Crippen LogP contribution in [0.4, 0.5) is 0 Å². The second-order valence-corrected chi connectivity index (χ2v) is 9.63. The molecular weight excluding hydrogens is 528 g/mol. The topological polar surface area (TPSA) is 162 Å². The van der Waals surface area contributed by atoms with Gasteiger partial charge in [0.15, 0.2) is 17.3 Å². The zero-order valence-corrected chi connectivity index (χ0v) is 23.0. The van der Waals surface area contributed by atoms with Gasteiger partial charge in [-0.25, -0.2) is 19.7 Å². The fraction of sp³-hybridized carbons (Fsp3) is 0.310. The number of tetrazole rings is 1. The number of hydrogen-bond acceptors (Lipinski definition) is 10. The molecule has 5 aromatic rings. The molecule has 41 heavy (non-hydrogen) atoms. The number of esters is 1. The van der Waals surface area contributed by atoms with Crippen molar-refractivity contribution < 1.29 is 23.5 Å². The quantitative estimate of drug-likeness (QED) is 0.222. The summed E-state index contributed by atoms with van der Waals surface area (Å²) in [7, 11) is 0. The van der Waals surface area contributed by atoms with Gasteiger partial charge in [0.2, 0.25) is 0 Å². The van der Waals surface area contributed by atoms with Crippen molar-refractivity contribution in [2.24, 2.45) is 0 Å². The number of carbonyl (C=O) groups is 1. The van der Waals surface area contributed by atoms with E-state index >= 15 is 0 Å². The summed E-state index contributed by atoms with van der Waals surface area (Å²) >= 11 is 0. The molecule has 212 valence electrons. The number of H-pyrrole nitrogens is 1. The van der Waals surface area contributed by atoms with E-state index in [1.165, 1.54) is 0 Å². The molecule has 0 aliphatic carbocycles. The van der Waals surface area contributed by atoms with Crippen LogP contribution < -0.4 is 5.82 Å². The van der Waals surface area contributed by atoms with E-state index < -0.39 is 17.9 Å². The van der Waals surface area contributed by atoms with E-state index in [0.717, 1.165) is 35.1 Å². The summed E-state index contributed by atoms with van der Waals surface area (Å²) in [5.41, 5.74) is 3.86. The Balaban J connectivity index is 1.36. The van der Waals surface area contributed by atoms with Crippen LogP contribution in [-0.2, 0) is 24.3 Å². The van der Waals surface area contributed by atoms with E-state index in [-0.39, 0.29) is 18.8 Å². The van der Waals surface area contributed by atoms with Gasteiger partial charge >= 0.3 is 11.8 Å². The lowest BCUT2D eigenvalue weighted by atomic mass is 9.98. The Morgan fingerprint density at radius 1 is 1.12 bits per heavy atom. The zero-order valence-electron chi connectivity index (χ0n) is 23.0. The number of unbranched alkanes of at least 4 members (excludes halogenated alkanes) is 1. The third-order valence-corrected chi connectivity index (χ3v) is 6.73. The fourth-order valence-electron chi connectivity index (χ4n) is 4.66. The average Bonchev–Trinajstić information content (AvgIpc) is 3.70. The first-order valence-corrected chi connectivity index (χ1v) is 13.3. The Morgan fingerprint density at radius 3 is 2.51 bits per heavy atom. The predicted molar refractivity (Wildman–Crippen MR) is 147 cm³/mol. The molecule has 0 spiro atoms. The molecule has 0 radical (unpaired) electrons. The van der Waals surface area contributed by atoms with Crippen LogP contribution in [0.1, 0.15) is 71.9 Å². The highest BCUT2D eigenvalue weighted by molar-refractivity contribution is 5.89. The van der Waals surface area contributed by atoms with E-state index in [1.807, 2.05) is 55.5 Å². The van der Waals surface area contributed by atoms with Crippen molar-refractivity contribution in [1.82, 2.24) is 30.2 Å². The second kappa shape index (κ2) is 12.1. The van der Waals surface area contributed by atoms with Crippen LogP contribution in [0, 0.1) is 6.92 Å². The maximum absolute atomic E-state index is 13.2. The van der Waals surface area contributed by atoms with Gasteiger partial charge in [0.1, 0.15) is 18.2 Å². The number of hydrogen-bond donors (Lipinski definition) is 2. The van der Waals surface area contributed by atoms with Gasteiger partial charge < -0.3 is 23.2 Å². The number of carbonyl (C=O) groups excluding carboxylic acids is 1. The highest BCUT2D eigenvalue weighted by atomic mass is 16.6. The first-order chi connectivity index (χ1) is 19.9. The van der Waals surface area contributed by atoms with Crippen molar-refractivity contribution in [2.45, 2.75) is 59.3 Å². The van der Waals surface area contributed by atoms with E-state index in [1.54, 1.807) is 18.4 Å². The van der Waals surface area contributed by atoms with Crippen molar-refractivity contribution in [3.05, 3.63) is 93.4 Å². The Hall–Kier alpha value is -4.84. The number of aromatic amines is 1. The summed E-state index contributed by atoms with van der Waals surface area (Å²) in [5, 5.41) is 24.8. The van der Waals surface area contributed by atoms with Crippen molar-refractivity contribution >= 4 is 5.97 Å². The van der Waals surface area contributed by atoms with Gasteiger partial charge in [0.25, 0.3) is 0 Å². The molecule has 0 aliphatic heterocycles. The molecule has 12 heteroatoms. The molecule has 1 atom stereocenters. The molecule has 3 heterocycles. The number of aliphatic hydroxyl groups excluding tert-OH is 1. The standard InChI is InChI=1S/C29H30N6O6/c1-4-5-10-24-30-25(26(17(2)36)35(24)15-23-18(3)40-29(38)41-23)28(37)39-16-19-11-13-20(14-12-19)21-8-6-7-9-22(21)27-31-33-34-32-27/h6-9,11-14,17,36H,4-5,10,15-16H2,1-3H3,(H,31,32,33,34). The Bertz CT molecular complexity index is 1680. The van der Waals surface area contributed by atoms with E-state index in [0.29, 0.717) is 35.3 Å². The average molecular weight is 559 g/mol. The molecule has 3 aromatic heterocycles. The minimum absolute atomic E-state index is 0.0128. The molecule has 2 aromatic carbocycles. The number of aliphatic hydroxyl groups is 1. The maximum atomic E-state index is 13.2. The number of rotatable bonds is 11. The largest absolute Gasteiger partial charge is 0.519 e. The molecule has 2 N–H and O–H groups in total. The van der Waals surface area contributed by atoms with Crippen LogP contribution >= 0.6 is 0 Å². The summed E-state index contributed by atoms with van der Waals surface area (Å²) in [6, 6.07) is 15.4. The number of aryl methyl sites for hydroxylation is 2. The van der Waals surface area contributed by atoms with Gasteiger partial charge in [-0.1, -0.05) is 61.9 Å².